The number of aryl methyl sites for hydroxylation is 2. The molecule has 1 nitrogen and oxygen atoms in total. The molecule has 0 saturated heterocycles. The maximum absolute atomic E-state index is 6.39. The standard InChI is InChI=1S/C18H21BrClN/c1-4-21-18(15-8-6-12(2)9-16(15)19)11-14-7-5-13(3)10-17(14)20/h5-10,18,21H,4,11H2,1-3H3. The summed E-state index contributed by atoms with van der Waals surface area (Å²) in [5.74, 6) is 0. The zero-order chi connectivity index (χ0) is 15.4. The van der Waals surface area contributed by atoms with Crippen LogP contribution in [0.4, 0.5) is 0 Å². The van der Waals surface area contributed by atoms with Gasteiger partial charge in [0.25, 0.3) is 0 Å². The second-order valence-electron chi connectivity index (χ2n) is 5.43. The van der Waals surface area contributed by atoms with Gasteiger partial charge >= 0.3 is 0 Å². The van der Waals surface area contributed by atoms with Crippen LogP contribution in [-0.4, -0.2) is 6.54 Å². The smallest absolute Gasteiger partial charge is 0.0441 e. The fourth-order valence-electron chi connectivity index (χ4n) is 2.49. The summed E-state index contributed by atoms with van der Waals surface area (Å²) in [5, 5.41) is 4.41. The molecule has 21 heavy (non-hydrogen) atoms. The lowest BCUT2D eigenvalue weighted by atomic mass is 9.97. The highest BCUT2D eigenvalue weighted by Crippen LogP contribution is 2.29. The molecular formula is C18H21BrClN. The van der Waals surface area contributed by atoms with Crippen LogP contribution >= 0.6 is 27.5 Å². The van der Waals surface area contributed by atoms with Crippen molar-refractivity contribution < 1.29 is 0 Å². The lowest BCUT2D eigenvalue weighted by Gasteiger charge is -2.21. The summed E-state index contributed by atoms with van der Waals surface area (Å²) in [7, 11) is 0. The van der Waals surface area contributed by atoms with E-state index in [9.17, 15) is 0 Å². The second kappa shape index (κ2) is 7.44. The van der Waals surface area contributed by atoms with Gasteiger partial charge in [-0.05, 0) is 61.2 Å². The van der Waals surface area contributed by atoms with Crippen molar-refractivity contribution in [3.63, 3.8) is 0 Å². The van der Waals surface area contributed by atoms with Gasteiger partial charge in [-0.3, -0.25) is 0 Å². The molecule has 1 atom stereocenters. The molecule has 0 heterocycles. The first-order chi connectivity index (χ1) is 10.0. The third kappa shape index (κ3) is 4.32. The molecule has 112 valence electrons. The van der Waals surface area contributed by atoms with Gasteiger partial charge in [-0.2, -0.15) is 0 Å². The molecule has 2 aromatic rings. The van der Waals surface area contributed by atoms with Crippen molar-refractivity contribution in [2.45, 2.75) is 33.2 Å². The number of likely N-dealkylation sites (N-methyl/N-ethyl adjacent to an activating group) is 1. The van der Waals surface area contributed by atoms with Crippen LogP contribution in [0, 0.1) is 13.8 Å². The van der Waals surface area contributed by atoms with Gasteiger partial charge in [0.15, 0.2) is 0 Å². The van der Waals surface area contributed by atoms with E-state index in [-0.39, 0.29) is 6.04 Å². The fraction of sp³-hybridized carbons (Fsp3) is 0.333. The fourth-order valence-corrected chi connectivity index (χ4v) is 3.57. The van der Waals surface area contributed by atoms with Gasteiger partial charge in [0, 0.05) is 15.5 Å². The highest BCUT2D eigenvalue weighted by atomic mass is 79.9. The average molecular weight is 367 g/mol. The lowest BCUT2D eigenvalue weighted by Crippen LogP contribution is -2.23. The molecule has 0 amide bonds. The molecule has 0 fully saturated rings. The van der Waals surface area contributed by atoms with E-state index < -0.39 is 0 Å². The van der Waals surface area contributed by atoms with Crippen LogP contribution in [0.15, 0.2) is 40.9 Å². The van der Waals surface area contributed by atoms with E-state index in [1.165, 1.54) is 22.3 Å². The molecule has 0 spiro atoms. The first kappa shape index (κ1) is 16.5. The maximum Gasteiger partial charge on any atom is 0.0441 e. The summed E-state index contributed by atoms with van der Waals surface area (Å²) in [4.78, 5) is 0. The topological polar surface area (TPSA) is 12.0 Å². The van der Waals surface area contributed by atoms with E-state index in [0.29, 0.717) is 0 Å². The molecule has 0 aliphatic rings. The number of hydrogen-bond acceptors (Lipinski definition) is 1. The van der Waals surface area contributed by atoms with Crippen LogP contribution in [0.25, 0.3) is 0 Å². The van der Waals surface area contributed by atoms with E-state index in [2.05, 4.69) is 72.3 Å². The predicted molar refractivity (Wildman–Crippen MR) is 95.2 cm³/mol. The Labute approximate surface area is 140 Å². The van der Waals surface area contributed by atoms with E-state index in [1.54, 1.807) is 0 Å². The average Bonchev–Trinajstić information content (AvgIpc) is 2.41. The van der Waals surface area contributed by atoms with Crippen LogP contribution < -0.4 is 5.32 Å². The first-order valence-electron chi connectivity index (χ1n) is 7.25. The predicted octanol–water partition coefficient (Wildman–Crippen LogP) is 5.61. The van der Waals surface area contributed by atoms with E-state index in [0.717, 1.165) is 22.5 Å². The Kier molecular flexibility index (Phi) is 5.86. The minimum Gasteiger partial charge on any atom is -0.310 e. The molecule has 2 aromatic carbocycles. The van der Waals surface area contributed by atoms with Crippen molar-refractivity contribution in [1.29, 1.82) is 0 Å². The second-order valence-corrected chi connectivity index (χ2v) is 6.70. The molecule has 0 saturated carbocycles. The summed E-state index contributed by atoms with van der Waals surface area (Å²) in [5.41, 5.74) is 4.91. The zero-order valence-corrected chi connectivity index (χ0v) is 15.1. The molecule has 1 unspecified atom stereocenters. The van der Waals surface area contributed by atoms with Crippen molar-refractivity contribution >= 4 is 27.5 Å². The maximum atomic E-state index is 6.39. The largest absolute Gasteiger partial charge is 0.310 e. The Morgan fingerprint density at radius 2 is 1.76 bits per heavy atom. The van der Waals surface area contributed by atoms with Crippen LogP contribution in [-0.2, 0) is 6.42 Å². The Balaban J connectivity index is 2.30. The number of nitrogens with one attached hydrogen (secondary N) is 1. The molecule has 0 aliphatic carbocycles. The number of hydrogen-bond donors (Lipinski definition) is 1. The highest BCUT2D eigenvalue weighted by Gasteiger charge is 2.15. The van der Waals surface area contributed by atoms with Gasteiger partial charge < -0.3 is 5.32 Å². The van der Waals surface area contributed by atoms with Crippen molar-refractivity contribution in [2.24, 2.45) is 0 Å². The third-order valence-corrected chi connectivity index (χ3v) is 4.65. The van der Waals surface area contributed by atoms with E-state index in [1.807, 2.05) is 6.07 Å². The van der Waals surface area contributed by atoms with Crippen LogP contribution in [0.1, 0.15) is 35.2 Å². The zero-order valence-electron chi connectivity index (χ0n) is 12.7. The third-order valence-electron chi connectivity index (χ3n) is 3.61. The van der Waals surface area contributed by atoms with E-state index in [4.69, 9.17) is 11.6 Å². The quantitative estimate of drug-likeness (QED) is 0.725. The van der Waals surface area contributed by atoms with Crippen LogP contribution in [0.3, 0.4) is 0 Å². The van der Waals surface area contributed by atoms with Gasteiger partial charge in [-0.1, -0.05) is 58.7 Å². The molecular weight excluding hydrogens is 346 g/mol. The van der Waals surface area contributed by atoms with Crippen molar-refractivity contribution in [1.82, 2.24) is 5.32 Å². The molecule has 3 heteroatoms. The van der Waals surface area contributed by atoms with E-state index >= 15 is 0 Å². The molecule has 0 aromatic heterocycles. The summed E-state index contributed by atoms with van der Waals surface area (Å²) in [6.45, 7) is 7.22. The molecule has 0 aliphatic heterocycles. The van der Waals surface area contributed by atoms with Gasteiger partial charge in [0.1, 0.15) is 0 Å². The number of benzene rings is 2. The minimum absolute atomic E-state index is 0.255. The molecule has 1 N–H and O–H groups in total. The number of halogens is 2. The minimum atomic E-state index is 0.255. The van der Waals surface area contributed by atoms with Crippen molar-refractivity contribution in [3.05, 3.63) is 68.1 Å². The Morgan fingerprint density at radius 3 is 2.38 bits per heavy atom. The highest BCUT2D eigenvalue weighted by molar-refractivity contribution is 9.10. The Morgan fingerprint density at radius 1 is 1.10 bits per heavy atom. The summed E-state index contributed by atoms with van der Waals surface area (Å²) in [6.07, 6.45) is 0.884. The molecule has 2 rings (SSSR count). The van der Waals surface area contributed by atoms with Gasteiger partial charge in [0.05, 0.1) is 0 Å². The summed E-state index contributed by atoms with van der Waals surface area (Å²) < 4.78 is 1.15. The Bertz CT molecular complexity index is 625. The Hall–Kier alpha value is -0.830. The number of rotatable bonds is 5. The van der Waals surface area contributed by atoms with Crippen LogP contribution in [0.2, 0.25) is 5.02 Å². The first-order valence-corrected chi connectivity index (χ1v) is 8.42. The summed E-state index contributed by atoms with van der Waals surface area (Å²) in [6, 6.07) is 13.0. The normalized spacial score (nSPS) is 12.4. The molecule has 0 bridgehead atoms. The summed E-state index contributed by atoms with van der Waals surface area (Å²) >= 11 is 10.1. The van der Waals surface area contributed by atoms with Gasteiger partial charge in [-0.15, -0.1) is 0 Å². The van der Waals surface area contributed by atoms with Crippen molar-refractivity contribution in [3.8, 4) is 0 Å². The van der Waals surface area contributed by atoms with Crippen LogP contribution in [0.5, 0.6) is 0 Å². The van der Waals surface area contributed by atoms with Gasteiger partial charge in [0.2, 0.25) is 0 Å². The van der Waals surface area contributed by atoms with Gasteiger partial charge in [-0.25, -0.2) is 0 Å². The van der Waals surface area contributed by atoms with Crippen molar-refractivity contribution in [2.75, 3.05) is 6.54 Å². The lowest BCUT2D eigenvalue weighted by molar-refractivity contribution is 0.548. The monoisotopic (exact) mass is 365 g/mol. The SMILES string of the molecule is CCNC(Cc1ccc(C)cc1Cl)c1ccc(C)cc1Br. The molecule has 0 radical (unpaired) electrons.